The molecule has 40 heavy (non-hydrogen) atoms. The first-order valence-electron chi connectivity index (χ1n) is 13.6. The Balaban J connectivity index is 1.54. The number of benzene rings is 3. The van der Waals surface area contributed by atoms with Gasteiger partial charge in [-0.05, 0) is 36.5 Å². The molecule has 0 N–H and O–H groups in total. The summed E-state index contributed by atoms with van der Waals surface area (Å²) >= 11 is 0. The molecule has 0 fully saturated rings. The summed E-state index contributed by atoms with van der Waals surface area (Å²) in [5.41, 5.74) is 2.20. The molecule has 4 aromatic rings. The number of hydrogen-bond donors (Lipinski definition) is 0. The Bertz CT molecular complexity index is 1560. The second kappa shape index (κ2) is 11.3. The Morgan fingerprint density at radius 1 is 0.875 bits per heavy atom. The predicted octanol–water partition coefficient (Wildman–Crippen LogP) is 5.27. The number of rotatable bonds is 4. The Labute approximate surface area is 232 Å². The molecule has 2 aliphatic rings. The molecule has 6 rings (SSSR count). The standard InChI is InChI=1S/C32H30FN3O4/c33-26-16-10-15-25-28(24-13-6-2-7-14-24)36-22-34(18-8-3-9-20-39-30(25)26)32(38)29-31(27(37)17-19-35(29)36)40-21-23-11-4-1-5-12-23/h1-2,4-7,10-17,19,28H,3,8-9,18,20-22H2/t28-/m1/s1. The van der Waals surface area contributed by atoms with E-state index >= 15 is 4.39 Å². The first kappa shape index (κ1) is 25.7. The average molecular weight is 540 g/mol. The SMILES string of the molecule is O=C1c2c(OCc3ccccc3)c(=O)ccn2N2CN1CCCCCOc1c(F)cccc1[C@H]2c1ccccc1. The summed E-state index contributed by atoms with van der Waals surface area (Å²) in [5.74, 6) is -0.506. The molecule has 1 aromatic heterocycles. The average Bonchev–Trinajstić information content (AvgIpc) is 2.97. The van der Waals surface area contributed by atoms with Crippen LogP contribution in [0.15, 0.2) is 95.9 Å². The predicted molar refractivity (Wildman–Crippen MR) is 150 cm³/mol. The van der Waals surface area contributed by atoms with Crippen molar-refractivity contribution in [1.82, 2.24) is 9.58 Å². The number of hydrogen-bond acceptors (Lipinski definition) is 5. The quantitative estimate of drug-likeness (QED) is 0.354. The zero-order valence-corrected chi connectivity index (χ0v) is 22.0. The Morgan fingerprint density at radius 2 is 1.65 bits per heavy atom. The van der Waals surface area contributed by atoms with Crippen LogP contribution in [0.2, 0.25) is 0 Å². The normalized spacial score (nSPS) is 17.1. The molecule has 2 aliphatic heterocycles. The van der Waals surface area contributed by atoms with Crippen LogP contribution in [0.25, 0.3) is 0 Å². The van der Waals surface area contributed by atoms with Gasteiger partial charge < -0.3 is 14.4 Å². The van der Waals surface area contributed by atoms with Gasteiger partial charge in [0.2, 0.25) is 5.43 Å². The minimum atomic E-state index is -0.523. The largest absolute Gasteiger partial charge is 0.490 e. The number of ether oxygens (including phenoxy) is 2. The number of fused-ring (bicyclic) bond motifs is 5. The molecular weight excluding hydrogens is 509 g/mol. The van der Waals surface area contributed by atoms with E-state index in [1.807, 2.05) is 71.7 Å². The maximum absolute atomic E-state index is 15.3. The summed E-state index contributed by atoms with van der Waals surface area (Å²) in [7, 11) is 0. The number of nitrogens with zero attached hydrogens (tertiary/aromatic N) is 3. The van der Waals surface area contributed by atoms with Crippen molar-refractivity contribution in [2.75, 3.05) is 24.8 Å². The number of amides is 1. The van der Waals surface area contributed by atoms with E-state index in [1.165, 1.54) is 12.1 Å². The highest BCUT2D eigenvalue weighted by atomic mass is 19.1. The van der Waals surface area contributed by atoms with E-state index in [9.17, 15) is 9.59 Å². The number of pyridine rings is 1. The fourth-order valence-corrected chi connectivity index (χ4v) is 5.42. The van der Waals surface area contributed by atoms with Crippen molar-refractivity contribution < 1.29 is 18.7 Å². The maximum Gasteiger partial charge on any atom is 0.277 e. The van der Waals surface area contributed by atoms with Crippen LogP contribution in [0, 0.1) is 5.82 Å². The molecule has 0 aliphatic carbocycles. The molecule has 0 spiro atoms. The molecule has 1 amide bonds. The smallest absolute Gasteiger partial charge is 0.277 e. The van der Waals surface area contributed by atoms with Gasteiger partial charge in [-0.3, -0.25) is 19.3 Å². The number of para-hydroxylation sites is 1. The van der Waals surface area contributed by atoms with E-state index in [-0.39, 0.29) is 41.8 Å². The van der Waals surface area contributed by atoms with Crippen LogP contribution in [-0.4, -0.2) is 35.3 Å². The molecule has 0 saturated heterocycles. The summed E-state index contributed by atoms with van der Waals surface area (Å²) in [6, 6.07) is 25.1. The lowest BCUT2D eigenvalue weighted by atomic mass is 9.96. The first-order chi connectivity index (χ1) is 19.6. The Hall–Kier alpha value is -4.59. The Morgan fingerprint density at radius 3 is 2.45 bits per heavy atom. The van der Waals surface area contributed by atoms with E-state index in [4.69, 9.17) is 9.47 Å². The van der Waals surface area contributed by atoms with E-state index < -0.39 is 11.9 Å². The van der Waals surface area contributed by atoms with E-state index in [0.29, 0.717) is 18.7 Å². The zero-order chi connectivity index (χ0) is 27.5. The number of aromatic nitrogens is 1. The summed E-state index contributed by atoms with van der Waals surface area (Å²) in [6.45, 7) is 1.27. The van der Waals surface area contributed by atoms with Gasteiger partial charge in [0.15, 0.2) is 23.0 Å². The minimum Gasteiger partial charge on any atom is -0.490 e. The topological polar surface area (TPSA) is 64.0 Å². The fourth-order valence-electron chi connectivity index (χ4n) is 5.42. The van der Waals surface area contributed by atoms with Gasteiger partial charge in [0.05, 0.1) is 6.61 Å². The molecule has 3 heterocycles. The maximum atomic E-state index is 15.3. The van der Waals surface area contributed by atoms with E-state index in [2.05, 4.69) is 0 Å². The summed E-state index contributed by atoms with van der Waals surface area (Å²) in [6.07, 6.45) is 3.90. The van der Waals surface area contributed by atoms with Crippen LogP contribution in [0.5, 0.6) is 11.5 Å². The monoisotopic (exact) mass is 539 g/mol. The summed E-state index contributed by atoms with van der Waals surface area (Å²) < 4.78 is 29.1. The number of carbonyl (C=O) groups is 1. The fraction of sp³-hybridized carbons (Fsp3) is 0.250. The molecule has 204 valence electrons. The van der Waals surface area contributed by atoms with Crippen LogP contribution in [0.3, 0.4) is 0 Å². The van der Waals surface area contributed by atoms with Crippen molar-refractivity contribution in [3.63, 3.8) is 0 Å². The molecule has 3 aromatic carbocycles. The molecule has 0 radical (unpaired) electrons. The lowest BCUT2D eigenvalue weighted by Gasteiger charge is -2.44. The van der Waals surface area contributed by atoms with Crippen molar-refractivity contribution in [3.05, 3.63) is 130 Å². The lowest BCUT2D eigenvalue weighted by Crippen LogP contribution is -2.56. The summed E-state index contributed by atoms with van der Waals surface area (Å²) in [5, 5.41) is 1.98. The van der Waals surface area contributed by atoms with Gasteiger partial charge in [0.25, 0.3) is 5.91 Å². The number of halogens is 1. The van der Waals surface area contributed by atoms with Gasteiger partial charge >= 0.3 is 0 Å². The van der Waals surface area contributed by atoms with Crippen molar-refractivity contribution in [2.24, 2.45) is 0 Å². The third-order valence-electron chi connectivity index (χ3n) is 7.37. The molecule has 0 saturated carbocycles. The zero-order valence-electron chi connectivity index (χ0n) is 22.0. The molecule has 1 atom stereocenters. The van der Waals surface area contributed by atoms with E-state index in [1.54, 1.807) is 21.8 Å². The van der Waals surface area contributed by atoms with Gasteiger partial charge in [-0.25, -0.2) is 4.39 Å². The third-order valence-corrected chi connectivity index (χ3v) is 7.37. The van der Waals surface area contributed by atoms with Crippen LogP contribution in [0.4, 0.5) is 4.39 Å². The first-order valence-corrected chi connectivity index (χ1v) is 13.6. The van der Waals surface area contributed by atoms with Gasteiger partial charge in [-0.2, -0.15) is 0 Å². The van der Waals surface area contributed by atoms with Crippen LogP contribution >= 0.6 is 0 Å². The van der Waals surface area contributed by atoms with Crippen molar-refractivity contribution in [3.8, 4) is 11.5 Å². The number of carbonyl (C=O) groups excluding carboxylic acids is 1. The van der Waals surface area contributed by atoms with Crippen molar-refractivity contribution in [1.29, 1.82) is 0 Å². The molecule has 0 unspecified atom stereocenters. The highest BCUT2D eigenvalue weighted by molar-refractivity contribution is 5.96. The van der Waals surface area contributed by atoms with Crippen molar-refractivity contribution in [2.45, 2.75) is 31.9 Å². The van der Waals surface area contributed by atoms with Crippen LogP contribution in [-0.2, 0) is 6.61 Å². The van der Waals surface area contributed by atoms with Crippen LogP contribution in [0.1, 0.15) is 52.5 Å². The van der Waals surface area contributed by atoms with Gasteiger partial charge in [0, 0.05) is 24.4 Å². The lowest BCUT2D eigenvalue weighted by molar-refractivity contribution is 0.0670. The molecule has 7 nitrogen and oxygen atoms in total. The third kappa shape index (κ3) is 4.93. The molecule has 2 bridgehead atoms. The van der Waals surface area contributed by atoms with Gasteiger partial charge in [-0.15, -0.1) is 0 Å². The van der Waals surface area contributed by atoms with Crippen molar-refractivity contribution >= 4 is 5.91 Å². The highest BCUT2D eigenvalue weighted by Crippen LogP contribution is 2.38. The minimum absolute atomic E-state index is 0.000625. The second-order valence-electron chi connectivity index (χ2n) is 10.0. The van der Waals surface area contributed by atoms with Gasteiger partial charge in [0.1, 0.15) is 19.3 Å². The molecule has 8 heteroatoms. The molecular formula is C32H30FN3O4. The van der Waals surface area contributed by atoms with Crippen LogP contribution < -0.4 is 19.9 Å². The summed E-state index contributed by atoms with van der Waals surface area (Å²) in [4.78, 5) is 28.9. The highest BCUT2D eigenvalue weighted by Gasteiger charge is 2.38. The van der Waals surface area contributed by atoms with Gasteiger partial charge in [-0.1, -0.05) is 72.8 Å². The second-order valence-corrected chi connectivity index (χ2v) is 10.0. The van der Waals surface area contributed by atoms with E-state index in [0.717, 1.165) is 30.4 Å². The Kier molecular flexibility index (Phi) is 7.23.